The molecule has 1 aliphatic heterocycles. The number of rotatable bonds is 17. The monoisotopic (exact) mass is 1050 g/mol. The highest BCUT2D eigenvalue weighted by Crippen LogP contribution is 2.25. The van der Waals surface area contributed by atoms with E-state index in [4.69, 9.17) is 11.5 Å². The van der Waals surface area contributed by atoms with Gasteiger partial charge in [0.15, 0.2) is 0 Å². The van der Waals surface area contributed by atoms with E-state index in [0.717, 1.165) is 32.7 Å². The number of aromatic hydroxyl groups is 1. The minimum atomic E-state index is -1.42. The van der Waals surface area contributed by atoms with E-state index in [9.17, 15) is 48.6 Å². The zero-order chi connectivity index (χ0) is 53.7. The summed E-state index contributed by atoms with van der Waals surface area (Å²) in [6, 6.07) is 21.3. The minimum Gasteiger partial charge on any atom is -0.508 e. The number of phenols is 1. The Morgan fingerprint density at radius 2 is 1.07 bits per heavy atom. The Labute approximate surface area is 438 Å². The molecule has 0 spiro atoms. The summed E-state index contributed by atoms with van der Waals surface area (Å²) in [7, 11) is 2.07. The van der Waals surface area contributed by atoms with Gasteiger partial charge in [-0.2, -0.15) is 0 Å². The number of nitrogens with two attached hydrogens (primary N) is 2. The van der Waals surface area contributed by atoms with Gasteiger partial charge >= 0.3 is 5.97 Å². The number of hydrogen-bond donors (Lipinski definition) is 11. The Balaban J connectivity index is 1.60. The number of carboxylic acids is 1. The first-order chi connectivity index (χ1) is 35.4. The quantitative estimate of drug-likeness (QED) is 0.0534. The van der Waals surface area contributed by atoms with Crippen LogP contribution in [0.15, 0.2) is 109 Å². The van der Waals surface area contributed by atoms with Crippen molar-refractivity contribution in [2.75, 3.05) is 18.1 Å². The maximum atomic E-state index is 14.8. The van der Waals surface area contributed by atoms with Crippen LogP contribution in [-0.2, 0) is 57.6 Å². The van der Waals surface area contributed by atoms with Crippen LogP contribution in [-0.4, -0.2) is 124 Å². The lowest BCUT2D eigenvalue weighted by molar-refractivity contribution is -0.143. The third kappa shape index (κ3) is 18.2. The number of amides is 7. The summed E-state index contributed by atoms with van der Waals surface area (Å²) in [6.45, 7) is 4.91. The van der Waals surface area contributed by atoms with Crippen molar-refractivity contribution in [2.24, 2.45) is 17.4 Å². The fourth-order valence-corrected chi connectivity index (χ4v) is 10.2. The average molecular weight is 1050 g/mol. The van der Waals surface area contributed by atoms with Gasteiger partial charge in [-0.25, -0.2) is 4.79 Å². The molecule has 1 aliphatic rings. The van der Waals surface area contributed by atoms with Crippen LogP contribution < -0.4 is 48.7 Å². The van der Waals surface area contributed by atoms with Gasteiger partial charge in [0.1, 0.15) is 48.0 Å². The van der Waals surface area contributed by atoms with Crippen LogP contribution in [0.2, 0.25) is 0 Å². The highest BCUT2D eigenvalue weighted by atomic mass is 33.1. The molecule has 74 heavy (non-hydrogen) atoms. The van der Waals surface area contributed by atoms with Crippen LogP contribution in [0.25, 0.3) is 11.1 Å². The summed E-state index contributed by atoms with van der Waals surface area (Å²) < 4.78 is 0. The molecule has 0 radical (unpaired) electrons. The highest BCUT2D eigenvalue weighted by Gasteiger charge is 2.36. The first kappa shape index (κ1) is 58.0. The largest absolute Gasteiger partial charge is 0.508 e. The second-order valence-electron chi connectivity index (χ2n) is 18.4. The Kier molecular flexibility index (Phi) is 22.8. The van der Waals surface area contributed by atoms with Crippen molar-refractivity contribution < 1.29 is 48.6 Å². The standard InChI is InChI=1S/C53H67N9O10S2/c1-31(2)45(53(71)72)62-52(70)44-30-74-73-29-43(60-46(64)32(3)55)51(69)59-40(26-33-12-6-4-7-13-33)49(67)58-41(27-34-17-21-37(22-18-34)36-14-8-5-9-15-36)48(66)56-39(16-10-11-25-54)47(65)57-42(50(68)61-44)28-35-19-23-38(63)24-20-35/h4-9,12-15,17-24,31-32,39-45,63H,10-11,16,25-30,54-55H2,1-3H3,(H,56,66)(H,57,65)(H,58,67)(H,59,69)(H,60,64)(H,61,68)(H,62,70)(H,71,72)/t32-,39-,40-,41+,42-,43-,44-,45-/m0/s1. The Morgan fingerprint density at radius 3 is 1.59 bits per heavy atom. The number of unbranched alkanes of at least 4 members (excludes halogenated alkanes) is 1. The van der Waals surface area contributed by atoms with Gasteiger partial charge in [-0.1, -0.05) is 132 Å². The summed E-state index contributed by atoms with van der Waals surface area (Å²) in [5.41, 5.74) is 15.4. The lowest BCUT2D eigenvalue weighted by atomic mass is 9.99. The number of hydrogen-bond acceptors (Lipinski definition) is 13. The predicted octanol–water partition coefficient (Wildman–Crippen LogP) is 2.09. The molecule has 13 N–H and O–H groups in total. The van der Waals surface area contributed by atoms with Gasteiger partial charge < -0.3 is 58.9 Å². The van der Waals surface area contributed by atoms with Gasteiger partial charge in [0, 0.05) is 30.8 Å². The molecule has 0 saturated carbocycles. The van der Waals surface area contributed by atoms with Crippen LogP contribution in [0, 0.1) is 5.92 Å². The molecule has 0 bridgehead atoms. The Bertz CT molecular complexity index is 2520. The molecule has 4 aromatic rings. The molecular weight excluding hydrogens is 987 g/mol. The second-order valence-corrected chi connectivity index (χ2v) is 21.0. The summed E-state index contributed by atoms with van der Waals surface area (Å²) in [5.74, 6) is -7.69. The number of aliphatic carboxylic acids is 1. The van der Waals surface area contributed by atoms with E-state index in [2.05, 4.69) is 37.2 Å². The lowest BCUT2D eigenvalue weighted by Gasteiger charge is -2.29. The smallest absolute Gasteiger partial charge is 0.326 e. The van der Waals surface area contributed by atoms with Gasteiger partial charge in [0.25, 0.3) is 0 Å². The van der Waals surface area contributed by atoms with Crippen molar-refractivity contribution in [3.63, 3.8) is 0 Å². The molecule has 396 valence electrons. The average Bonchev–Trinajstić information content (AvgIpc) is 3.38. The van der Waals surface area contributed by atoms with Crippen molar-refractivity contribution in [3.05, 3.63) is 126 Å². The number of carbonyl (C=O) groups is 8. The van der Waals surface area contributed by atoms with Crippen LogP contribution in [0.4, 0.5) is 0 Å². The first-order valence-corrected chi connectivity index (χ1v) is 26.9. The third-order valence-corrected chi connectivity index (χ3v) is 14.5. The van der Waals surface area contributed by atoms with Crippen molar-refractivity contribution in [2.45, 2.75) is 108 Å². The molecule has 19 nitrogen and oxygen atoms in total. The van der Waals surface area contributed by atoms with E-state index in [1.165, 1.54) is 19.1 Å². The molecule has 8 atom stereocenters. The van der Waals surface area contributed by atoms with Gasteiger partial charge in [-0.15, -0.1) is 0 Å². The van der Waals surface area contributed by atoms with E-state index in [0.29, 0.717) is 29.5 Å². The molecule has 0 aliphatic carbocycles. The molecule has 4 aromatic carbocycles. The number of phenolic OH excluding ortho intramolecular Hbond substituents is 1. The number of benzene rings is 4. The summed E-state index contributed by atoms with van der Waals surface area (Å²) in [4.78, 5) is 112. The summed E-state index contributed by atoms with van der Waals surface area (Å²) >= 11 is 0. The van der Waals surface area contributed by atoms with Crippen LogP contribution >= 0.6 is 21.6 Å². The molecule has 7 amide bonds. The molecule has 21 heteroatoms. The fourth-order valence-electron chi connectivity index (χ4n) is 7.84. The molecule has 1 heterocycles. The number of carbonyl (C=O) groups excluding carboxylic acids is 7. The predicted molar refractivity (Wildman–Crippen MR) is 285 cm³/mol. The molecule has 0 aromatic heterocycles. The van der Waals surface area contributed by atoms with Crippen molar-refractivity contribution in [1.82, 2.24) is 37.2 Å². The van der Waals surface area contributed by atoms with Gasteiger partial charge in [-0.05, 0) is 78.6 Å². The Morgan fingerprint density at radius 1 is 0.608 bits per heavy atom. The maximum absolute atomic E-state index is 14.8. The van der Waals surface area contributed by atoms with E-state index in [1.54, 1.807) is 56.3 Å². The third-order valence-electron chi connectivity index (χ3n) is 12.1. The van der Waals surface area contributed by atoms with Crippen LogP contribution in [0.1, 0.15) is 56.7 Å². The van der Waals surface area contributed by atoms with Gasteiger partial charge in [0.05, 0.1) is 6.04 Å². The van der Waals surface area contributed by atoms with E-state index in [1.807, 2.05) is 54.6 Å². The van der Waals surface area contributed by atoms with Crippen molar-refractivity contribution in [1.29, 1.82) is 0 Å². The zero-order valence-electron chi connectivity index (χ0n) is 41.6. The molecule has 1 saturated heterocycles. The van der Waals surface area contributed by atoms with Gasteiger partial charge in [0.2, 0.25) is 41.4 Å². The van der Waals surface area contributed by atoms with E-state index >= 15 is 0 Å². The van der Waals surface area contributed by atoms with Crippen LogP contribution in [0.5, 0.6) is 5.75 Å². The minimum absolute atomic E-state index is 0.0366. The SMILES string of the molecule is CC(C)[C@H](NC(=O)[C@@H]1CSSC[C@H](NC(=O)[C@H](C)N)C(=O)N[C@@H](Cc2ccccc2)C(=O)N[C@H](Cc2ccc(-c3ccccc3)cc2)C(=O)N[C@@H](CCCCN)C(=O)N[C@@H](Cc2ccc(O)cc2)C(=O)N1)C(=O)O. The number of nitrogens with one attached hydrogen (secondary N) is 7. The highest BCUT2D eigenvalue weighted by molar-refractivity contribution is 8.76. The summed E-state index contributed by atoms with van der Waals surface area (Å²) in [5, 5.41) is 39.1. The molecular formula is C53H67N9O10S2. The lowest BCUT2D eigenvalue weighted by Crippen LogP contribution is -2.61. The van der Waals surface area contributed by atoms with Gasteiger partial charge in [-0.3, -0.25) is 33.6 Å². The van der Waals surface area contributed by atoms with Crippen molar-refractivity contribution >= 4 is 68.9 Å². The van der Waals surface area contributed by atoms with Crippen molar-refractivity contribution in [3.8, 4) is 16.9 Å². The topological polar surface area (TPSA) is 313 Å². The fraction of sp³-hybridized carbons (Fsp3) is 0.396. The zero-order valence-corrected chi connectivity index (χ0v) is 43.2. The second kappa shape index (κ2) is 29.1. The Hall–Kier alpha value is -6.94. The maximum Gasteiger partial charge on any atom is 0.326 e. The molecule has 0 unspecified atom stereocenters. The van der Waals surface area contributed by atoms with E-state index < -0.39 is 102 Å². The van der Waals surface area contributed by atoms with E-state index in [-0.39, 0.29) is 49.5 Å². The first-order valence-electron chi connectivity index (χ1n) is 24.4. The molecule has 5 rings (SSSR count). The summed E-state index contributed by atoms with van der Waals surface area (Å²) in [6.07, 6.45) is 0.637. The number of carboxylic acid groups (broad SMARTS) is 1. The normalized spacial score (nSPS) is 21.4. The van der Waals surface area contributed by atoms with Crippen LogP contribution in [0.3, 0.4) is 0 Å². The molecule has 1 fully saturated rings.